The van der Waals surface area contributed by atoms with Crippen molar-refractivity contribution in [3.05, 3.63) is 35.9 Å². The molecule has 24 heavy (non-hydrogen) atoms. The lowest BCUT2D eigenvalue weighted by atomic mass is 10.2. The van der Waals surface area contributed by atoms with Gasteiger partial charge in [0.05, 0.1) is 6.54 Å². The second-order valence-electron chi connectivity index (χ2n) is 6.61. The largest absolute Gasteiger partial charge is 0.357 e. The first kappa shape index (κ1) is 19.1. The van der Waals surface area contributed by atoms with Crippen LogP contribution in [0.4, 0.5) is 0 Å². The minimum atomic E-state index is 0.464. The Morgan fingerprint density at radius 2 is 2.12 bits per heavy atom. The normalized spacial score (nSPS) is 23.2. The first-order chi connectivity index (χ1) is 11.6. The summed E-state index contributed by atoms with van der Waals surface area (Å²) in [4.78, 5) is 7.29. The molecule has 5 heteroatoms. The molecule has 1 aliphatic heterocycles. The quantitative estimate of drug-likeness (QED) is 0.587. The summed E-state index contributed by atoms with van der Waals surface area (Å²) < 4.78 is 0. The average Bonchev–Trinajstić information content (AvgIpc) is 2.92. The summed E-state index contributed by atoms with van der Waals surface area (Å²) in [5, 5.41) is 7.56. The van der Waals surface area contributed by atoms with Crippen molar-refractivity contribution in [1.29, 1.82) is 0 Å². The summed E-state index contributed by atoms with van der Waals surface area (Å²) in [6.07, 6.45) is 3.30. The van der Waals surface area contributed by atoms with Gasteiger partial charge in [-0.25, -0.2) is 0 Å². The Kier molecular flexibility index (Phi) is 7.92. The van der Waals surface area contributed by atoms with Gasteiger partial charge in [0.1, 0.15) is 0 Å². The average molecular weight is 349 g/mol. The highest BCUT2D eigenvalue weighted by Gasteiger charge is 2.29. The monoisotopic (exact) mass is 348 g/mol. The number of hydrogen-bond donors (Lipinski definition) is 2. The lowest BCUT2D eigenvalue weighted by molar-refractivity contribution is 0.258. The summed E-state index contributed by atoms with van der Waals surface area (Å²) in [5.41, 5.74) is 1.39. The number of aliphatic imine (C=N–C) groups is 1. The van der Waals surface area contributed by atoms with Crippen LogP contribution < -0.4 is 10.6 Å². The first-order valence-corrected chi connectivity index (χ1v) is 10.3. The Bertz CT molecular complexity index is 505. The van der Waals surface area contributed by atoms with Crippen LogP contribution in [0, 0.1) is 0 Å². The van der Waals surface area contributed by atoms with Gasteiger partial charge in [0.15, 0.2) is 5.96 Å². The van der Waals surface area contributed by atoms with Crippen LogP contribution in [0.15, 0.2) is 35.3 Å². The smallest absolute Gasteiger partial charge is 0.191 e. The zero-order valence-corrected chi connectivity index (χ0v) is 16.3. The molecule has 0 bridgehead atoms. The van der Waals surface area contributed by atoms with Gasteiger partial charge in [0, 0.05) is 37.0 Å². The number of hydrogen-bond acceptors (Lipinski definition) is 3. The van der Waals surface area contributed by atoms with Gasteiger partial charge in [0.25, 0.3) is 0 Å². The van der Waals surface area contributed by atoms with Gasteiger partial charge in [-0.1, -0.05) is 37.3 Å². The van der Waals surface area contributed by atoms with Crippen LogP contribution in [0.3, 0.4) is 0 Å². The molecule has 0 aliphatic carbocycles. The van der Waals surface area contributed by atoms with E-state index in [2.05, 4.69) is 72.9 Å². The SMILES string of the molecule is CCNC(=NCC(C)SC)NC1CC(C)N(Cc2ccccc2)C1. The van der Waals surface area contributed by atoms with Gasteiger partial charge < -0.3 is 10.6 Å². The predicted octanol–water partition coefficient (Wildman–Crippen LogP) is 2.96. The molecule has 1 saturated heterocycles. The first-order valence-electron chi connectivity index (χ1n) is 8.98. The van der Waals surface area contributed by atoms with Gasteiger partial charge in [-0.15, -0.1) is 0 Å². The van der Waals surface area contributed by atoms with Crippen molar-refractivity contribution in [3.63, 3.8) is 0 Å². The van der Waals surface area contributed by atoms with E-state index in [1.165, 1.54) is 5.56 Å². The molecule has 0 amide bonds. The fraction of sp³-hybridized carbons (Fsp3) is 0.632. The topological polar surface area (TPSA) is 39.7 Å². The summed E-state index contributed by atoms with van der Waals surface area (Å²) in [6, 6.07) is 11.8. The van der Waals surface area contributed by atoms with Crippen LogP contribution in [-0.2, 0) is 6.54 Å². The fourth-order valence-electron chi connectivity index (χ4n) is 3.05. The maximum atomic E-state index is 4.74. The molecule has 0 aromatic heterocycles. The number of rotatable bonds is 7. The number of nitrogens with one attached hydrogen (secondary N) is 2. The molecule has 2 N–H and O–H groups in total. The van der Waals surface area contributed by atoms with Crippen LogP contribution in [0.25, 0.3) is 0 Å². The Balaban J connectivity index is 1.89. The number of guanidine groups is 1. The fourth-order valence-corrected chi connectivity index (χ4v) is 3.27. The third kappa shape index (κ3) is 6.02. The Labute approximate surface area is 151 Å². The summed E-state index contributed by atoms with van der Waals surface area (Å²) in [6.45, 7) is 10.5. The van der Waals surface area contributed by atoms with Crippen LogP contribution in [0.2, 0.25) is 0 Å². The van der Waals surface area contributed by atoms with Crippen molar-refractivity contribution in [2.75, 3.05) is 25.9 Å². The van der Waals surface area contributed by atoms with E-state index < -0.39 is 0 Å². The van der Waals surface area contributed by atoms with E-state index in [0.29, 0.717) is 17.3 Å². The van der Waals surface area contributed by atoms with Gasteiger partial charge >= 0.3 is 0 Å². The van der Waals surface area contributed by atoms with Crippen LogP contribution in [-0.4, -0.2) is 54.1 Å². The molecular weight excluding hydrogens is 316 g/mol. The molecule has 3 unspecified atom stereocenters. The van der Waals surface area contributed by atoms with Gasteiger partial charge in [0.2, 0.25) is 0 Å². The van der Waals surface area contributed by atoms with Crippen LogP contribution in [0.5, 0.6) is 0 Å². The Morgan fingerprint density at radius 3 is 2.79 bits per heavy atom. The van der Waals surface area contributed by atoms with E-state index in [4.69, 9.17) is 4.99 Å². The highest BCUT2D eigenvalue weighted by molar-refractivity contribution is 7.99. The molecule has 4 nitrogen and oxygen atoms in total. The van der Waals surface area contributed by atoms with E-state index in [9.17, 15) is 0 Å². The number of nitrogens with zero attached hydrogens (tertiary/aromatic N) is 2. The van der Waals surface area contributed by atoms with Crippen molar-refractivity contribution in [1.82, 2.24) is 15.5 Å². The summed E-state index contributed by atoms with van der Waals surface area (Å²) in [7, 11) is 0. The molecule has 0 saturated carbocycles. The highest BCUT2D eigenvalue weighted by atomic mass is 32.2. The van der Waals surface area contributed by atoms with Crippen molar-refractivity contribution in [2.24, 2.45) is 4.99 Å². The number of likely N-dealkylation sites (tertiary alicyclic amines) is 1. The maximum absolute atomic E-state index is 4.74. The molecule has 3 atom stereocenters. The molecule has 1 aliphatic rings. The molecule has 1 fully saturated rings. The molecule has 0 radical (unpaired) electrons. The van der Waals surface area contributed by atoms with Crippen molar-refractivity contribution in [3.8, 4) is 0 Å². The molecule has 1 aromatic rings. The molecule has 1 heterocycles. The van der Waals surface area contributed by atoms with Gasteiger partial charge in [-0.3, -0.25) is 9.89 Å². The van der Waals surface area contributed by atoms with E-state index in [0.717, 1.165) is 38.6 Å². The van der Waals surface area contributed by atoms with E-state index >= 15 is 0 Å². The van der Waals surface area contributed by atoms with Gasteiger partial charge in [-0.2, -0.15) is 11.8 Å². The van der Waals surface area contributed by atoms with Crippen LogP contribution in [0.1, 0.15) is 32.8 Å². The number of benzene rings is 1. The third-order valence-electron chi connectivity index (χ3n) is 4.53. The summed E-state index contributed by atoms with van der Waals surface area (Å²) >= 11 is 1.86. The van der Waals surface area contributed by atoms with E-state index in [1.807, 2.05) is 11.8 Å². The van der Waals surface area contributed by atoms with Gasteiger partial charge in [-0.05, 0) is 32.1 Å². The second-order valence-corrected chi connectivity index (χ2v) is 7.88. The number of thioether (sulfide) groups is 1. The van der Waals surface area contributed by atoms with Crippen molar-refractivity contribution in [2.45, 2.75) is 51.1 Å². The minimum Gasteiger partial charge on any atom is -0.357 e. The lowest BCUT2D eigenvalue weighted by Crippen LogP contribution is -2.44. The molecular formula is C19H32N4S. The lowest BCUT2D eigenvalue weighted by Gasteiger charge is -2.21. The molecule has 0 spiro atoms. The third-order valence-corrected chi connectivity index (χ3v) is 5.48. The molecule has 134 valence electrons. The standard InChI is InChI=1S/C19H32N4S/c1-5-20-19(21-12-16(3)24-4)22-18-11-15(2)23(14-18)13-17-9-7-6-8-10-17/h6-10,15-16,18H,5,11-14H2,1-4H3,(H2,20,21,22). The molecule has 2 rings (SSSR count). The second kappa shape index (κ2) is 9.94. The predicted molar refractivity (Wildman–Crippen MR) is 107 cm³/mol. The summed E-state index contributed by atoms with van der Waals surface area (Å²) in [5.74, 6) is 0.956. The minimum absolute atomic E-state index is 0.464. The zero-order valence-electron chi connectivity index (χ0n) is 15.5. The van der Waals surface area contributed by atoms with Crippen molar-refractivity contribution >= 4 is 17.7 Å². The Hall–Kier alpha value is -1.20. The zero-order chi connectivity index (χ0) is 17.4. The van der Waals surface area contributed by atoms with Crippen LogP contribution >= 0.6 is 11.8 Å². The molecule has 1 aromatic carbocycles. The highest BCUT2D eigenvalue weighted by Crippen LogP contribution is 2.20. The Morgan fingerprint density at radius 1 is 1.38 bits per heavy atom. The maximum Gasteiger partial charge on any atom is 0.191 e. The van der Waals surface area contributed by atoms with E-state index in [-0.39, 0.29) is 0 Å². The van der Waals surface area contributed by atoms with Crippen molar-refractivity contribution < 1.29 is 0 Å². The van der Waals surface area contributed by atoms with E-state index in [1.54, 1.807) is 0 Å².